The second-order valence-corrected chi connectivity index (χ2v) is 7.98. The number of carbonyl (C=O) groups is 1. The summed E-state index contributed by atoms with van der Waals surface area (Å²) in [6.07, 6.45) is 3.24. The summed E-state index contributed by atoms with van der Waals surface area (Å²) in [6, 6.07) is 15.0. The number of rotatable bonds is 4. The van der Waals surface area contributed by atoms with Crippen molar-refractivity contribution < 1.29 is 4.79 Å². The number of pyridine rings is 1. The molecule has 2 aromatic heterocycles. The predicted octanol–water partition coefficient (Wildman–Crippen LogP) is 5.29. The Morgan fingerprint density at radius 3 is 2.48 bits per heavy atom. The number of nitriles is 1. The van der Waals surface area contributed by atoms with Crippen LogP contribution < -0.4 is 0 Å². The topological polar surface area (TPSA) is 66.6 Å². The molecule has 0 aliphatic heterocycles. The molecule has 0 N–H and O–H groups in total. The van der Waals surface area contributed by atoms with E-state index in [1.165, 1.54) is 17.4 Å². The van der Waals surface area contributed by atoms with E-state index in [1.54, 1.807) is 18.3 Å². The molecule has 1 aromatic carbocycles. The number of hydrogen-bond donors (Lipinski definition) is 0. The van der Waals surface area contributed by atoms with Gasteiger partial charge in [-0.15, -0.1) is 11.3 Å². The molecule has 3 aromatic rings. The van der Waals surface area contributed by atoms with Gasteiger partial charge in [-0.05, 0) is 29.2 Å². The normalized spacial score (nSPS) is 11.9. The van der Waals surface area contributed by atoms with Crippen LogP contribution in [0.1, 0.15) is 42.4 Å². The molecule has 0 unspecified atom stereocenters. The van der Waals surface area contributed by atoms with Gasteiger partial charge >= 0.3 is 0 Å². The monoisotopic (exact) mass is 373 g/mol. The van der Waals surface area contributed by atoms with Crippen molar-refractivity contribution in [1.29, 1.82) is 5.26 Å². The van der Waals surface area contributed by atoms with Crippen molar-refractivity contribution in [2.75, 3.05) is 0 Å². The molecule has 0 fully saturated rings. The molecule has 0 bridgehead atoms. The molecule has 5 heteroatoms. The van der Waals surface area contributed by atoms with Gasteiger partial charge in [-0.3, -0.25) is 9.78 Å². The van der Waals surface area contributed by atoms with Crippen LogP contribution in [0.2, 0.25) is 0 Å². The minimum absolute atomic E-state index is 0.0119. The van der Waals surface area contributed by atoms with Crippen LogP contribution in [0.15, 0.2) is 59.6 Å². The van der Waals surface area contributed by atoms with Gasteiger partial charge in [0.05, 0.1) is 11.4 Å². The van der Waals surface area contributed by atoms with Gasteiger partial charge in [0.1, 0.15) is 16.6 Å². The Morgan fingerprint density at radius 1 is 1.15 bits per heavy atom. The number of hydrogen-bond acceptors (Lipinski definition) is 5. The molecule has 0 spiro atoms. The van der Waals surface area contributed by atoms with E-state index in [0.717, 1.165) is 16.3 Å². The highest BCUT2D eigenvalue weighted by Gasteiger charge is 2.17. The summed E-state index contributed by atoms with van der Waals surface area (Å²) in [5.74, 6) is -0.301. The Morgan fingerprint density at radius 2 is 1.89 bits per heavy atom. The van der Waals surface area contributed by atoms with E-state index in [4.69, 9.17) is 0 Å². The van der Waals surface area contributed by atoms with Crippen LogP contribution in [-0.4, -0.2) is 15.8 Å². The summed E-state index contributed by atoms with van der Waals surface area (Å²) in [5, 5.41) is 12.0. The first kappa shape index (κ1) is 18.7. The maximum Gasteiger partial charge on any atom is 0.203 e. The molecule has 4 nitrogen and oxygen atoms in total. The summed E-state index contributed by atoms with van der Waals surface area (Å²) in [5.41, 5.74) is 3.06. The van der Waals surface area contributed by atoms with Crippen molar-refractivity contribution in [3.8, 4) is 16.8 Å². The molecule has 134 valence electrons. The minimum atomic E-state index is -0.301. The van der Waals surface area contributed by atoms with Gasteiger partial charge in [0.15, 0.2) is 0 Å². The molecular formula is C22H19N3OS. The fraction of sp³-hybridized carbons (Fsp3) is 0.182. The third-order valence-electron chi connectivity index (χ3n) is 4.08. The maximum atomic E-state index is 12.7. The van der Waals surface area contributed by atoms with Crippen LogP contribution in [-0.2, 0) is 5.41 Å². The van der Waals surface area contributed by atoms with E-state index in [0.29, 0.717) is 11.3 Å². The number of Topliss-reactive ketones (excluding diaryl/α,β-unsaturated/α-hetero) is 1. The van der Waals surface area contributed by atoms with Crippen molar-refractivity contribution >= 4 is 23.2 Å². The summed E-state index contributed by atoms with van der Waals surface area (Å²) >= 11 is 1.43. The lowest BCUT2D eigenvalue weighted by molar-refractivity contribution is 0.104. The highest BCUT2D eigenvalue weighted by atomic mass is 32.1. The van der Waals surface area contributed by atoms with E-state index >= 15 is 0 Å². The van der Waals surface area contributed by atoms with Gasteiger partial charge in [0.25, 0.3) is 0 Å². The number of allylic oxidation sites excluding steroid dienone is 1. The molecule has 0 saturated heterocycles. The Kier molecular flexibility index (Phi) is 5.29. The molecule has 0 amide bonds. The molecule has 3 rings (SSSR count). The Hall–Kier alpha value is -3.10. The van der Waals surface area contributed by atoms with Gasteiger partial charge in [-0.2, -0.15) is 5.26 Å². The molecule has 2 heterocycles. The zero-order valence-electron chi connectivity index (χ0n) is 15.4. The van der Waals surface area contributed by atoms with Crippen LogP contribution in [0.5, 0.6) is 0 Å². The summed E-state index contributed by atoms with van der Waals surface area (Å²) in [4.78, 5) is 21.4. The number of ketones is 1. The van der Waals surface area contributed by atoms with Crippen LogP contribution in [0.25, 0.3) is 16.8 Å². The molecule has 0 aliphatic rings. The second-order valence-electron chi connectivity index (χ2n) is 7.12. The van der Waals surface area contributed by atoms with Gasteiger partial charge in [-0.1, -0.05) is 51.1 Å². The van der Waals surface area contributed by atoms with Gasteiger partial charge in [0, 0.05) is 17.1 Å². The van der Waals surface area contributed by atoms with Crippen molar-refractivity contribution in [1.82, 2.24) is 9.97 Å². The van der Waals surface area contributed by atoms with Crippen molar-refractivity contribution in [2.45, 2.75) is 26.2 Å². The number of thiazole rings is 1. The number of carbonyl (C=O) groups excluding carboxylic acids is 1. The fourth-order valence-corrected chi connectivity index (χ4v) is 3.29. The Balaban J connectivity index is 1.85. The third kappa shape index (κ3) is 4.36. The van der Waals surface area contributed by atoms with Gasteiger partial charge in [0.2, 0.25) is 5.78 Å². The molecule has 0 radical (unpaired) electrons. The van der Waals surface area contributed by atoms with E-state index in [2.05, 4.69) is 30.7 Å². The van der Waals surface area contributed by atoms with Crippen LogP contribution >= 0.6 is 11.3 Å². The third-order valence-corrected chi connectivity index (χ3v) is 4.96. The zero-order valence-corrected chi connectivity index (χ0v) is 16.2. The molecular weight excluding hydrogens is 354 g/mol. The maximum absolute atomic E-state index is 12.7. The number of nitrogens with zero attached hydrogens (tertiary/aromatic N) is 3. The van der Waals surface area contributed by atoms with E-state index in [-0.39, 0.29) is 16.8 Å². The summed E-state index contributed by atoms with van der Waals surface area (Å²) in [6.45, 7) is 6.35. The zero-order chi connectivity index (χ0) is 19.4. The molecule has 0 saturated carbocycles. The standard InChI is InChI=1S/C22H19N3OS/c1-22(2,3)17-9-7-15(8-10-17)20(26)16(13-23)12-18-14-27-21(25-18)19-6-4-5-11-24-19/h4-12,14H,1-3H3/b16-12-. The van der Waals surface area contributed by atoms with Crippen LogP contribution in [0, 0.1) is 11.3 Å². The highest BCUT2D eigenvalue weighted by Crippen LogP contribution is 2.25. The molecule has 0 aliphatic carbocycles. The smallest absolute Gasteiger partial charge is 0.203 e. The van der Waals surface area contributed by atoms with Crippen LogP contribution in [0.4, 0.5) is 0 Å². The highest BCUT2D eigenvalue weighted by molar-refractivity contribution is 7.13. The van der Waals surface area contributed by atoms with Crippen molar-refractivity contribution in [3.05, 3.63) is 76.4 Å². The largest absolute Gasteiger partial charge is 0.288 e. The lowest BCUT2D eigenvalue weighted by Gasteiger charge is -2.18. The quantitative estimate of drug-likeness (QED) is 0.354. The van der Waals surface area contributed by atoms with E-state index < -0.39 is 0 Å². The Labute approximate surface area is 162 Å². The molecule has 0 atom stereocenters. The summed E-state index contributed by atoms with van der Waals surface area (Å²) < 4.78 is 0. The summed E-state index contributed by atoms with van der Waals surface area (Å²) in [7, 11) is 0. The minimum Gasteiger partial charge on any atom is -0.288 e. The number of benzene rings is 1. The Bertz CT molecular complexity index is 1020. The van der Waals surface area contributed by atoms with E-state index in [9.17, 15) is 10.1 Å². The lowest BCUT2D eigenvalue weighted by Crippen LogP contribution is -2.11. The first-order valence-corrected chi connectivity index (χ1v) is 9.40. The van der Waals surface area contributed by atoms with Gasteiger partial charge < -0.3 is 0 Å². The first-order valence-electron chi connectivity index (χ1n) is 8.52. The number of aromatic nitrogens is 2. The molecule has 27 heavy (non-hydrogen) atoms. The van der Waals surface area contributed by atoms with Crippen molar-refractivity contribution in [2.24, 2.45) is 0 Å². The van der Waals surface area contributed by atoms with E-state index in [1.807, 2.05) is 41.8 Å². The SMILES string of the molecule is CC(C)(C)c1ccc(C(=O)/C(C#N)=C\c2csc(-c3ccccn3)n2)cc1. The predicted molar refractivity (Wildman–Crippen MR) is 108 cm³/mol. The fourth-order valence-electron chi connectivity index (χ4n) is 2.53. The second kappa shape index (κ2) is 7.65. The first-order chi connectivity index (χ1) is 12.9. The van der Waals surface area contributed by atoms with Crippen molar-refractivity contribution in [3.63, 3.8) is 0 Å². The average molecular weight is 373 g/mol. The average Bonchev–Trinajstić information content (AvgIpc) is 3.14. The lowest BCUT2D eigenvalue weighted by atomic mass is 9.86. The van der Waals surface area contributed by atoms with Crippen LogP contribution in [0.3, 0.4) is 0 Å². The van der Waals surface area contributed by atoms with Gasteiger partial charge in [-0.25, -0.2) is 4.98 Å².